The van der Waals surface area contributed by atoms with Gasteiger partial charge in [0.25, 0.3) is 5.91 Å². The van der Waals surface area contributed by atoms with Crippen molar-refractivity contribution in [3.8, 4) is 0 Å². The van der Waals surface area contributed by atoms with Crippen molar-refractivity contribution in [1.82, 2.24) is 14.9 Å². The van der Waals surface area contributed by atoms with Crippen molar-refractivity contribution in [3.05, 3.63) is 72.6 Å². The number of rotatable bonds is 9. The van der Waals surface area contributed by atoms with Crippen LogP contribution in [0.4, 0.5) is 30.5 Å². The predicted octanol–water partition coefficient (Wildman–Crippen LogP) is 5.26. The van der Waals surface area contributed by atoms with Crippen LogP contribution in [0, 0.1) is 0 Å². The highest BCUT2D eigenvalue weighted by atomic mass is 32.2. The summed E-state index contributed by atoms with van der Waals surface area (Å²) in [6.45, 7) is 3.38. The maximum Gasteiger partial charge on any atom is 0.446 e. The Morgan fingerprint density at radius 2 is 1.64 bits per heavy atom. The van der Waals surface area contributed by atoms with Crippen LogP contribution in [0.25, 0.3) is 0 Å². The molecule has 2 aromatic heterocycles. The summed E-state index contributed by atoms with van der Waals surface area (Å²) in [6, 6.07) is 14.6. The summed E-state index contributed by atoms with van der Waals surface area (Å²) in [5, 5.41) is 0. The van der Waals surface area contributed by atoms with Gasteiger partial charge >= 0.3 is 5.51 Å². The Hall–Kier alpha value is -3.60. The number of carbonyl (C=O) groups excluding carboxylic acids is 2. The maximum absolute atomic E-state index is 13.3. The Morgan fingerprint density at radius 3 is 2.22 bits per heavy atom. The summed E-state index contributed by atoms with van der Waals surface area (Å²) >= 11 is -0.224. The van der Waals surface area contributed by atoms with Crippen molar-refractivity contribution < 1.29 is 22.8 Å². The van der Waals surface area contributed by atoms with Crippen LogP contribution in [0.15, 0.2) is 71.9 Å². The van der Waals surface area contributed by atoms with E-state index in [2.05, 4.69) is 9.97 Å². The summed E-state index contributed by atoms with van der Waals surface area (Å²) in [5.41, 5.74) is -4.47. The number of anilines is 3. The average Bonchev–Trinajstić information content (AvgIpc) is 2.86. The molecule has 3 aromatic rings. The van der Waals surface area contributed by atoms with E-state index in [1.165, 1.54) is 41.1 Å². The molecule has 0 saturated heterocycles. The van der Waals surface area contributed by atoms with Crippen LogP contribution < -0.4 is 9.80 Å². The Labute approximate surface area is 211 Å². The number of halogens is 3. The first-order valence-electron chi connectivity index (χ1n) is 10.9. The molecule has 0 radical (unpaired) electrons. The molecule has 0 spiro atoms. The number of amides is 2. The van der Waals surface area contributed by atoms with Crippen molar-refractivity contribution in [2.24, 2.45) is 0 Å². The van der Waals surface area contributed by atoms with Crippen molar-refractivity contribution in [1.29, 1.82) is 0 Å². The van der Waals surface area contributed by atoms with Gasteiger partial charge in [0, 0.05) is 43.6 Å². The second kappa shape index (κ2) is 11.0. The van der Waals surface area contributed by atoms with Gasteiger partial charge < -0.3 is 14.7 Å². The molecule has 0 atom stereocenters. The molecule has 2 heterocycles. The normalized spacial score (nSPS) is 11.6. The number of aromatic nitrogens is 2. The predicted molar refractivity (Wildman–Crippen MR) is 134 cm³/mol. The van der Waals surface area contributed by atoms with Gasteiger partial charge in [0.15, 0.2) is 0 Å². The van der Waals surface area contributed by atoms with E-state index in [4.69, 9.17) is 0 Å². The van der Waals surface area contributed by atoms with E-state index in [0.717, 1.165) is 5.56 Å². The van der Waals surface area contributed by atoms with E-state index in [0.29, 0.717) is 23.7 Å². The van der Waals surface area contributed by atoms with E-state index in [-0.39, 0.29) is 23.2 Å². The maximum atomic E-state index is 13.3. The van der Waals surface area contributed by atoms with Crippen LogP contribution in [0.5, 0.6) is 0 Å². The molecule has 190 valence electrons. The molecular weight excluding hydrogens is 491 g/mol. The third kappa shape index (κ3) is 6.54. The number of hydrogen-bond donors (Lipinski definition) is 0. The zero-order chi connectivity index (χ0) is 26.5. The molecule has 0 unspecified atom stereocenters. The zero-order valence-corrected chi connectivity index (χ0v) is 21.0. The lowest BCUT2D eigenvalue weighted by Crippen LogP contribution is -2.54. The van der Waals surface area contributed by atoms with Gasteiger partial charge in [0.1, 0.15) is 17.2 Å². The first-order valence-corrected chi connectivity index (χ1v) is 11.7. The van der Waals surface area contributed by atoms with E-state index in [1.54, 1.807) is 37.2 Å². The van der Waals surface area contributed by atoms with Crippen molar-refractivity contribution in [2.45, 2.75) is 36.3 Å². The topological polar surface area (TPSA) is 69.6 Å². The molecule has 0 N–H and O–H groups in total. The minimum Gasteiger partial charge on any atom is -0.327 e. The summed E-state index contributed by atoms with van der Waals surface area (Å²) in [7, 11) is 3.35. The number of alkyl halides is 3. The fourth-order valence-corrected chi connectivity index (χ4v) is 4.04. The summed E-state index contributed by atoms with van der Waals surface area (Å²) in [4.78, 5) is 38.6. The minimum atomic E-state index is -4.39. The average molecular weight is 518 g/mol. The highest BCUT2D eigenvalue weighted by Crippen LogP contribution is 2.37. The Balaban J connectivity index is 1.76. The molecule has 3 rings (SSSR count). The van der Waals surface area contributed by atoms with Gasteiger partial charge in [0.05, 0.1) is 0 Å². The monoisotopic (exact) mass is 517 g/mol. The van der Waals surface area contributed by atoms with Crippen LogP contribution >= 0.6 is 11.8 Å². The Morgan fingerprint density at radius 1 is 0.972 bits per heavy atom. The van der Waals surface area contributed by atoms with Gasteiger partial charge in [-0.15, -0.1) is 0 Å². The lowest BCUT2D eigenvalue weighted by molar-refractivity contribution is -0.137. The van der Waals surface area contributed by atoms with Crippen LogP contribution in [0.3, 0.4) is 0 Å². The second-order valence-electron chi connectivity index (χ2n) is 8.47. The number of thioether (sulfide) groups is 1. The Kier molecular flexibility index (Phi) is 8.24. The van der Waals surface area contributed by atoms with Crippen molar-refractivity contribution >= 4 is 41.4 Å². The molecule has 2 amide bonds. The summed E-state index contributed by atoms with van der Waals surface area (Å²) in [6.07, 6.45) is 3.91. The molecular formula is C25H26F3N5O2S. The van der Waals surface area contributed by atoms with E-state index < -0.39 is 17.0 Å². The first-order chi connectivity index (χ1) is 16.9. The SMILES string of the molecule is CN(C(=O)C(C)(C)N(C=O)Cc1ccnc(N(C)c2ccccn2)c1)c1ccc(SC(F)(F)F)cc1. The van der Waals surface area contributed by atoms with Crippen LogP contribution in [-0.2, 0) is 16.1 Å². The molecule has 0 aliphatic heterocycles. The van der Waals surface area contributed by atoms with Gasteiger partial charge in [-0.05, 0) is 79.7 Å². The van der Waals surface area contributed by atoms with E-state index >= 15 is 0 Å². The molecule has 1 aromatic carbocycles. The third-order valence-corrected chi connectivity index (χ3v) is 6.37. The fourth-order valence-electron chi connectivity index (χ4n) is 3.50. The number of benzene rings is 1. The number of nitrogens with zero attached hydrogens (tertiary/aromatic N) is 5. The standard InChI is InChI=1S/C25H26F3N5O2S/c1-24(2,23(35)31(3)19-8-10-20(11-9-19)36-25(26,27)28)33(17-34)16-18-12-14-30-22(15-18)32(4)21-7-5-6-13-29-21/h5-15,17H,16H2,1-4H3. The smallest absolute Gasteiger partial charge is 0.327 e. The quantitative estimate of drug-likeness (QED) is 0.285. The molecule has 11 heteroatoms. The number of pyridine rings is 2. The number of hydrogen-bond acceptors (Lipinski definition) is 6. The Bertz CT molecular complexity index is 1190. The summed E-state index contributed by atoms with van der Waals surface area (Å²) < 4.78 is 37.8. The molecule has 36 heavy (non-hydrogen) atoms. The highest BCUT2D eigenvalue weighted by molar-refractivity contribution is 8.00. The van der Waals surface area contributed by atoms with Crippen molar-refractivity contribution in [3.63, 3.8) is 0 Å². The molecule has 0 aliphatic rings. The lowest BCUT2D eigenvalue weighted by atomic mass is 10.00. The lowest BCUT2D eigenvalue weighted by Gasteiger charge is -2.37. The minimum absolute atomic E-state index is 0.0186. The molecule has 0 aliphatic carbocycles. The molecule has 0 fully saturated rings. The van der Waals surface area contributed by atoms with Crippen LogP contribution in [-0.4, -0.2) is 52.3 Å². The van der Waals surface area contributed by atoms with Gasteiger partial charge in [0.2, 0.25) is 6.41 Å². The molecule has 0 bridgehead atoms. The van der Waals surface area contributed by atoms with Crippen molar-refractivity contribution in [2.75, 3.05) is 23.9 Å². The zero-order valence-electron chi connectivity index (χ0n) is 20.2. The summed E-state index contributed by atoms with van der Waals surface area (Å²) in [5.74, 6) is 0.923. The first kappa shape index (κ1) is 27.0. The van der Waals surface area contributed by atoms with Gasteiger partial charge in [-0.25, -0.2) is 9.97 Å². The highest BCUT2D eigenvalue weighted by Gasteiger charge is 2.37. The van der Waals surface area contributed by atoms with E-state index in [1.807, 2.05) is 31.3 Å². The van der Waals surface area contributed by atoms with Gasteiger partial charge in [-0.2, -0.15) is 13.2 Å². The third-order valence-electron chi connectivity index (χ3n) is 5.63. The second-order valence-corrected chi connectivity index (χ2v) is 9.61. The largest absolute Gasteiger partial charge is 0.446 e. The van der Waals surface area contributed by atoms with Gasteiger partial charge in [-0.1, -0.05) is 6.07 Å². The van der Waals surface area contributed by atoms with Crippen LogP contribution in [0.1, 0.15) is 19.4 Å². The number of likely N-dealkylation sites (N-methyl/N-ethyl adjacent to an activating group) is 1. The van der Waals surface area contributed by atoms with Gasteiger partial charge in [-0.3, -0.25) is 9.59 Å². The van der Waals surface area contributed by atoms with E-state index in [9.17, 15) is 22.8 Å². The number of carbonyl (C=O) groups is 2. The molecule has 7 nitrogen and oxygen atoms in total. The molecule has 0 saturated carbocycles. The van der Waals surface area contributed by atoms with Crippen LogP contribution in [0.2, 0.25) is 0 Å². The fraction of sp³-hybridized carbons (Fsp3) is 0.280.